The van der Waals surface area contributed by atoms with Crippen LogP contribution in [0.25, 0.3) is 0 Å². The van der Waals surface area contributed by atoms with Gasteiger partial charge in [-0.25, -0.2) is 0 Å². The Bertz CT molecular complexity index is 775. The summed E-state index contributed by atoms with van der Waals surface area (Å²) >= 11 is 0. The molecule has 4 aliphatic carbocycles. The SMILES string of the molecule is CCC[C@@H]1Cc2cc(O)ccc2C2CC[C@]34O[C@]35C[C@@H](O)CC[C@@H]5CC4C21. The van der Waals surface area contributed by atoms with Crippen molar-refractivity contribution in [2.75, 3.05) is 0 Å². The highest BCUT2D eigenvalue weighted by Crippen LogP contribution is 2.76. The Balaban J connectivity index is 1.41. The molecule has 0 amide bonds. The van der Waals surface area contributed by atoms with Crippen LogP contribution in [-0.4, -0.2) is 27.5 Å². The van der Waals surface area contributed by atoms with Crippen molar-refractivity contribution in [3.63, 3.8) is 0 Å². The summed E-state index contributed by atoms with van der Waals surface area (Å²) in [6.45, 7) is 2.31. The maximum Gasteiger partial charge on any atom is 0.115 e. The average Bonchev–Trinajstić information content (AvgIpc) is 3.17. The number of phenols is 1. The first-order valence-electron chi connectivity index (χ1n) is 11.3. The molecule has 0 bridgehead atoms. The Morgan fingerprint density at radius 2 is 2.07 bits per heavy atom. The minimum absolute atomic E-state index is 0.0201. The van der Waals surface area contributed by atoms with Gasteiger partial charge in [0.2, 0.25) is 0 Å². The lowest BCUT2D eigenvalue weighted by molar-refractivity contribution is -0.000203. The molecule has 146 valence electrons. The van der Waals surface area contributed by atoms with Gasteiger partial charge in [-0.1, -0.05) is 25.8 Å². The summed E-state index contributed by atoms with van der Waals surface area (Å²) in [7, 11) is 0. The van der Waals surface area contributed by atoms with Crippen LogP contribution >= 0.6 is 0 Å². The fourth-order valence-electron chi connectivity index (χ4n) is 8.38. The van der Waals surface area contributed by atoms with Gasteiger partial charge in [-0.2, -0.15) is 0 Å². The van der Waals surface area contributed by atoms with Crippen LogP contribution in [0.1, 0.15) is 75.3 Å². The molecule has 3 nitrogen and oxygen atoms in total. The number of epoxide rings is 1. The molecule has 1 saturated heterocycles. The van der Waals surface area contributed by atoms with E-state index in [1.54, 1.807) is 0 Å². The molecule has 27 heavy (non-hydrogen) atoms. The third kappa shape index (κ3) is 2.05. The smallest absolute Gasteiger partial charge is 0.115 e. The van der Waals surface area contributed by atoms with Crippen molar-refractivity contribution in [3.8, 4) is 5.75 Å². The number of aliphatic hydroxyl groups is 1. The monoisotopic (exact) mass is 368 g/mol. The van der Waals surface area contributed by atoms with Gasteiger partial charge in [0.1, 0.15) is 17.0 Å². The summed E-state index contributed by atoms with van der Waals surface area (Å²) < 4.78 is 6.69. The van der Waals surface area contributed by atoms with E-state index in [9.17, 15) is 10.2 Å². The molecule has 5 aliphatic rings. The molecule has 4 fully saturated rings. The molecule has 1 heterocycles. The van der Waals surface area contributed by atoms with E-state index in [2.05, 4.69) is 13.0 Å². The van der Waals surface area contributed by atoms with E-state index >= 15 is 0 Å². The number of aliphatic hydroxyl groups excluding tert-OH is 1. The molecule has 3 unspecified atom stereocenters. The van der Waals surface area contributed by atoms with Crippen molar-refractivity contribution < 1.29 is 14.9 Å². The summed E-state index contributed by atoms with van der Waals surface area (Å²) in [5, 5.41) is 20.4. The number of phenolic OH excluding ortho intramolecular Hbond substituents is 1. The molecular formula is C24H32O3. The summed E-state index contributed by atoms with van der Waals surface area (Å²) in [6.07, 6.45) is 10.2. The van der Waals surface area contributed by atoms with Gasteiger partial charge in [-0.05, 0) is 91.4 Å². The maximum absolute atomic E-state index is 10.4. The fraction of sp³-hybridized carbons (Fsp3) is 0.750. The number of aromatic hydroxyl groups is 1. The van der Waals surface area contributed by atoms with E-state index in [0.717, 1.165) is 31.6 Å². The predicted octanol–water partition coefficient (Wildman–Crippen LogP) is 4.55. The van der Waals surface area contributed by atoms with Crippen molar-refractivity contribution in [2.45, 2.75) is 87.9 Å². The number of hydrogen-bond donors (Lipinski definition) is 2. The van der Waals surface area contributed by atoms with Crippen molar-refractivity contribution in [2.24, 2.45) is 23.7 Å². The van der Waals surface area contributed by atoms with Crippen LogP contribution in [0.2, 0.25) is 0 Å². The van der Waals surface area contributed by atoms with E-state index in [1.165, 1.54) is 43.2 Å². The van der Waals surface area contributed by atoms with Crippen LogP contribution in [-0.2, 0) is 11.2 Å². The van der Waals surface area contributed by atoms with E-state index in [0.29, 0.717) is 29.4 Å². The van der Waals surface area contributed by atoms with E-state index in [-0.39, 0.29) is 17.3 Å². The van der Waals surface area contributed by atoms with Gasteiger partial charge in [-0.15, -0.1) is 0 Å². The van der Waals surface area contributed by atoms with Crippen molar-refractivity contribution in [1.29, 1.82) is 0 Å². The second-order valence-corrected chi connectivity index (χ2v) is 10.2. The first-order valence-corrected chi connectivity index (χ1v) is 11.3. The highest BCUT2D eigenvalue weighted by molar-refractivity contribution is 5.42. The quantitative estimate of drug-likeness (QED) is 0.753. The van der Waals surface area contributed by atoms with E-state index < -0.39 is 0 Å². The van der Waals surface area contributed by atoms with Gasteiger partial charge in [0.25, 0.3) is 0 Å². The Morgan fingerprint density at radius 1 is 1.19 bits per heavy atom. The molecule has 6 rings (SSSR count). The van der Waals surface area contributed by atoms with Crippen LogP contribution in [0.3, 0.4) is 0 Å². The lowest BCUT2D eigenvalue weighted by Gasteiger charge is -2.49. The maximum atomic E-state index is 10.4. The lowest BCUT2D eigenvalue weighted by atomic mass is 9.55. The third-order valence-electron chi connectivity index (χ3n) is 9.19. The van der Waals surface area contributed by atoms with Gasteiger partial charge in [0.05, 0.1) is 6.10 Å². The molecule has 1 aliphatic heterocycles. The largest absolute Gasteiger partial charge is 0.508 e. The van der Waals surface area contributed by atoms with Gasteiger partial charge in [-0.3, -0.25) is 0 Å². The second kappa shape index (κ2) is 5.51. The Labute approximate surface area is 162 Å². The topological polar surface area (TPSA) is 53.0 Å². The van der Waals surface area contributed by atoms with Crippen LogP contribution in [0.15, 0.2) is 18.2 Å². The Kier molecular flexibility index (Phi) is 3.44. The molecule has 0 aromatic heterocycles. The van der Waals surface area contributed by atoms with Crippen molar-refractivity contribution >= 4 is 0 Å². The molecule has 8 atom stereocenters. The molecule has 1 aromatic rings. The Morgan fingerprint density at radius 3 is 2.93 bits per heavy atom. The first kappa shape index (κ1) is 16.9. The molecular weight excluding hydrogens is 336 g/mol. The zero-order chi connectivity index (χ0) is 18.4. The summed E-state index contributed by atoms with van der Waals surface area (Å²) in [5.41, 5.74) is 3.00. The Hall–Kier alpha value is -1.06. The second-order valence-electron chi connectivity index (χ2n) is 10.2. The molecule has 2 N–H and O–H groups in total. The lowest BCUT2D eigenvalue weighted by Crippen LogP contribution is -2.46. The zero-order valence-electron chi connectivity index (χ0n) is 16.4. The van der Waals surface area contributed by atoms with Gasteiger partial charge < -0.3 is 14.9 Å². The minimum Gasteiger partial charge on any atom is -0.508 e. The standard InChI is InChI=1S/C24H32O3/c1-2-3-14-10-15-11-17(25)6-7-19(15)20-8-9-23-21(22(14)20)12-16-4-5-18(26)13-24(16,23)27-23/h6-7,11,14,16,18,20-22,25-26H,2-5,8-10,12-13H2,1H3/t14-,16-,18+,20?,21?,22?,23-,24+/m1/s1. The fourth-order valence-corrected chi connectivity index (χ4v) is 8.38. The van der Waals surface area contributed by atoms with Gasteiger partial charge in [0.15, 0.2) is 0 Å². The van der Waals surface area contributed by atoms with Crippen molar-refractivity contribution in [1.82, 2.24) is 0 Å². The predicted molar refractivity (Wildman–Crippen MR) is 104 cm³/mol. The zero-order valence-corrected chi connectivity index (χ0v) is 16.4. The number of fused-ring (bicyclic) bond motifs is 4. The van der Waals surface area contributed by atoms with Crippen LogP contribution in [0.4, 0.5) is 0 Å². The molecule has 0 radical (unpaired) electrons. The average molecular weight is 369 g/mol. The number of benzene rings is 1. The molecule has 1 aromatic carbocycles. The number of hydrogen-bond acceptors (Lipinski definition) is 3. The van der Waals surface area contributed by atoms with Gasteiger partial charge in [0, 0.05) is 6.42 Å². The molecule has 3 heteroatoms. The number of rotatable bonds is 2. The van der Waals surface area contributed by atoms with Gasteiger partial charge >= 0.3 is 0 Å². The number of ether oxygens (including phenoxy) is 1. The highest BCUT2D eigenvalue weighted by Gasteiger charge is 2.82. The van der Waals surface area contributed by atoms with Crippen molar-refractivity contribution in [3.05, 3.63) is 29.3 Å². The highest BCUT2D eigenvalue weighted by atomic mass is 16.6. The van der Waals surface area contributed by atoms with Crippen LogP contribution < -0.4 is 0 Å². The minimum atomic E-state index is -0.154. The molecule has 2 spiro atoms. The first-order chi connectivity index (χ1) is 13.1. The van der Waals surface area contributed by atoms with Crippen LogP contribution in [0.5, 0.6) is 5.75 Å². The normalized spacial score (nSPS) is 49.4. The van der Waals surface area contributed by atoms with E-state index in [4.69, 9.17) is 4.74 Å². The summed E-state index contributed by atoms with van der Waals surface area (Å²) in [4.78, 5) is 0. The molecule has 3 saturated carbocycles. The summed E-state index contributed by atoms with van der Waals surface area (Å²) in [5.74, 6) is 3.83. The summed E-state index contributed by atoms with van der Waals surface area (Å²) in [6, 6.07) is 6.12. The van der Waals surface area contributed by atoms with E-state index in [1.807, 2.05) is 12.1 Å². The van der Waals surface area contributed by atoms with Crippen LogP contribution in [0, 0.1) is 23.7 Å². The third-order valence-corrected chi connectivity index (χ3v) is 9.19.